The summed E-state index contributed by atoms with van der Waals surface area (Å²) in [6.45, 7) is 8.92. The number of hydrogen-bond donors (Lipinski definition) is 0. The van der Waals surface area contributed by atoms with Crippen LogP contribution in [0.1, 0.15) is 45.3 Å². The molecule has 206 valence electrons. The van der Waals surface area contributed by atoms with Crippen LogP contribution in [0.3, 0.4) is 0 Å². The highest BCUT2D eigenvalue weighted by molar-refractivity contribution is 7.57. The van der Waals surface area contributed by atoms with Crippen LogP contribution in [-0.2, 0) is 18.6 Å². The zero-order valence-electron chi connectivity index (χ0n) is 23.9. The first-order valence-electron chi connectivity index (χ1n) is 13.1. The van der Waals surface area contributed by atoms with Crippen molar-refractivity contribution >= 4 is 19.2 Å². The third-order valence-corrected chi connectivity index (χ3v) is 9.93. The topological polar surface area (TPSA) is 71.5 Å². The summed E-state index contributed by atoms with van der Waals surface area (Å²) >= 11 is 0. The largest absolute Gasteiger partial charge is 0.485 e. The predicted octanol–water partition coefficient (Wildman–Crippen LogP) is 5.33. The van der Waals surface area contributed by atoms with E-state index in [2.05, 4.69) is 17.9 Å². The molecule has 0 spiro atoms. The zero-order chi connectivity index (χ0) is 27.5. The molecule has 4 unspecified atom stereocenters. The number of ether oxygens (including phenoxy) is 2. The summed E-state index contributed by atoms with van der Waals surface area (Å²) in [6.07, 6.45) is 3.99. The van der Waals surface area contributed by atoms with Gasteiger partial charge in [0.2, 0.25) is 0 Å². The van der Waals surface area contributed by atoms with E-state index in [1.807, 2.05) is 78.1 Å². The minimum Gasteiger partial charge on any atom is -0.485 e. The number of rotatable bonds is 11. The Kier molecular flexibility index (Phi) is 9.54. The number of nitrogens with zero attached hydrogens (tertiary/aromatic N) is 3. The fraction of sp³-hybridized carbons (Fsp3) is 0.607. The van der Waals surface area contributed by atoms with E-state index in [0.717, 1.165) is 28.3 Å². The molecule has 0 saturated carbocycles. The second-order valence-corrected chi connectivity index (χ2v) is 13.3. The molecule has 9 heteroatoms. The SMILES string of the molecule is CCOP(=O)(C1C2=CC=C(N(C)C)C(C)C2Oc2cc(N(C)C)ccc21)N(C)CCC(=O)OCC(C)C. The third-order valence-electron chi connectivity index (χ3n) is 6.92. The van der Waals surface area contributed by atoms with Gasteiger partial charge >= 0.3 is 5.97 Å². The number of allylic oxidation sites excluding steroid dienone is 2. The first-order valence-corrected chi connectivity index (χ1v) is 14.7. The average molecular weight is 534 g/mol. The second kappa shape index (κ2) is 12.1. The number of anilines is 1. The lowest BCUT2D eigenvalue weighted by Gasteiger charge is -2.45. The monoisotopic (exact) mass is 533 g/mol. The van der Waals surface area contributed by atoms with E-state index in [1.165, 1.54) is 0 Å². The Morgan fingerprint density at radius 3 is 2.41 bits per heavy atom. The van der Waals surface area contributed by atoms with Gasteiger partial charge in [-0.2, -0.15) is 0 Å². The van der Waals surface area contributed by atoms with Crippen LogP contribution in [0.15, 0.2) is 41.6 Å². The minimum absolute atomic E-state index is 0.0556. The summed E-state index contributed by atoms with van der Waals surface area (Å²) in [5, 5.41) is 0. The Morgan fingerprint density at radius 1 is 1.11 bits per heavy atom. The molecule has 1 aliphatic heterocycles. The highest BCUT2D eigenvalue weighted by Gasteiger charge is 2.50. The van der Waals surface area contributed by atoms with Crippen LogP contribution in [0.2, 0.25) is 0 Å². The van der Waals surface area contributed by atoms with Crippen LogP contribution < -0.4 is 9.64 Å². The Morgan fingerprint density at radius 2 is 1.81 bits per heavy atom. The molecule has 0 aromatic heterocycles. The fourth-order valence-corrected chi connectivity index (χ4v) is 7.60. The molecular weight excluding hydrogens is 489 g/mol. The van der Waals surface area contributed by atoms with Crippen molar-refractivity contribution in [2.24, 2.45) is 11.8 Å². The highest BCUT2D eigenvalue weighted by atomic mass is 31.2. The van der Waals surface area contributed by atoms with E-state index < -0.39 is 13.2 Å². The van der Waals surface area contributed by atoms with Gasteiger partial charge in [0.25, 0.3) is 7.52 Å². The van der Waals surface area contributed by atoms with Crippen LogP contribution in [-0.4, -0.2) is 76.6 Å². The molecule has 3 rings (SSSR count). The highest BCUT2D eigenvalue weighted by Crippen LogP contribution is 2.68. The third kappa shape index (κ3) is 6.24. The number of carbonyl (C=O) groups excluding carboxylic acids is 1. The van der Waals surface area contributed by atoms with Crippen LogP contribution in [0.4, 0.5) is 5.69 Å². The van der Waals surface area contributed by atoms with Crippen molar-refractivity contribution in [2.75, 3.05) is 59.9 Å². The van der Waals surface area contributed by atoms with Gasteiger partial charge in [-0.3, -0.25) is 9.36 Å². The number of carbonyl (C=O) groups is 1. The maximum atomic E-state index is 14.9. The van der Waals surface area contributed by atoms with Gasteiger partial charge in [-0.25, -0.2) is 4.67 Å². The van der Waals surface area contributed by atoms with Crippen molar-refractivity contribution in [2.45, 2.75) is 45.9 Å². The van der Waals surface area contributed by atoms with Crippen molar-refractivity contribution < 1.29 is 23.4 Å². The van der Waals surface area contributed by atoms with Gasteiger partial charge < -0.3 is 23.8 Å². The Bertz CT molecular complexity index is 1080. The predicted molar refractivity (Wildman–Crippen MR) is 149 cm³/mol. The van der Waals surface area contributed by atoms with Crippen molar-refractivity contribution in [3.8, 4) is 5.75 Å². The zero-order valence-corrected chi connectivity index (χ0v) is 24.7. The van der Waals surface area contributed by atoms with Crippen molar-refractivity contribution in [3.05, 3.63) is 47.2 Å². The van der Waals surface area contributed by atoms with Gasteiger partial charge in [-0.05, 0) is 37.6 Å². The van der Waals surface area contributed by atoms with E-state index in [-0.39, 0.29) is 43.5 Å². The summed E-state index contributed by atoms with van der Waals surface area (Å²) < 4.78 is 34.8. The Balaban J connectivity index is 2.06. The van der Waals surface area contributed by atoms with Crippen LogP contribution in [0.5, 0.6) is 5.75 Å². The molecule has 0 N–H and O–H groups in total. The molecule has 0 saturated heterocycles. The summed E-state index contributed by atoms with van der Waals surface area (Å²) in [4.78, 5) is 16.5. The van der Waals surface area contributed by atoms with Crippen molar-refractivity contribution in [1.82, 2.24) is 9.57 Å². The van der Waals surface area contributed by atoms with Crippen molar-refractivity contribution in [1.29, 1.82) is 0 Å². The Hall–Kier alpha value is -2.28. The van der Waals surface area contributed by atoms with Gasteiger partial charge in [0.15, 0.2) is 0 Å². The lowest BCUT2D eigenvalue weighted by Crippen LogP contribution is -2.40. The molecular formula is C28H44N3O5P. The lowest BCUT2D eigenvalue weighted by molar-refractivity contribution is -0.144. The van der Waals surface area contributed by atoms with E-state index in [0.29, 0.717) is 6.61 Å². The molecule has 4 atom stereocenters. The normalized spacial score (nSPS) is 22.3. The molecule has 1 aliphatic carbocycles. The van der Waals surface area contributed by atoms with Crippen LogP contribution >= 0.6 is 7.52 Å². The number of benzene rings is 1. The molecule has 1 heterocycles. The van der Waals surface area contributed by atoms with E-state index >= 15 is 0 Å². The molecule has 2 aliphatic rings. The van der Waals surface area contributed by atoms with E-state index in [1.54, 1.807) is 11.7 Å². The summed E-state index contributed by atoms with van der Waals surface area (Å²) in [5.41, 5.74) is 3.41. The lowest BCUT2D eigenvalue weighted by atomic mass is 9.83. The quantitative estimate of drug-likeness (QED) is 0.279. The summed E-state index contributed by atoms with van der Waals surface area (Å²) in [6, 6.07) is 6.03. The Labute approximate surface area is 222 Å². The van der Waals surface area contributed by atoms with Crippen molar-refractivity contribution in [3.63, 3.8) is 0 Å². The average Bonchev–Trinajstić information content (AvgIpc) is 2.84. The van der Waals surface area contributed by atoms with Crippen LogP contribution in [0.25, 0.3) is 0 Å². The smallest absolute Gasteiger partial charge is 0.307 e. The minimum atomic E-state index is -3.49. The van der Waals surface area contributed by atoms with E-state index in [4.69, 9.17) is 14.0 Å². The summed E-state index contributed by atoms with van der Waals surface area (Å²) in [5.74, 6) is 0.739. The molecule has 8 nitrogen and oxygen atoms in total. The molecule has 0 radical (unpaired) electrons. The van der Waals surface area contributed by atoms with Gasteiger partial charge in [0.1, 0.15) is 17.5 Å². The first kappa shape index (κ1) is 29.3. The first-order chi connectivity index (χ1) is 17.4. The van der Waals surface area contributed by atoms with Crippen LogP contribution in [0, 0.1) is 11.8 Å². The maximum Gasteiger partial charge on any atom is 0.307 e. The van der Waals surface area contributed by atoms with Gasteiger partial charge in [0.05, 0.1) is 19.6 Å². The number of esters is 1. The molecule has 1 aromatic carbocycles. The van der Waals surface area contributed by atoms with Gasteiger partial charge in [0, 0.05) is 63.7 Å². The molecule has 0 bridgehead atoms. The van der Waals surface area contributed by atoms with Gasteiger partial charge in [-0.1, -0.05) is 32.9 Å². The standard InChI is InChI=1S/C28H44N3O5P/c1-10-35-37(33,31(9)16-15-26(32)34-18-19(2)3)28-22-12-11-21(29(5)6)17-25(22)36-27-20(4)24(30(7)8)14-13-23(27)28/h11-14,17,19-20,27-28H,10,15-16,18H2,1-9H3. The summed E-state index contributed by atoms with van der Waals surface area (Å²) in [7, 11) is 6.31. The fourth-order valence-electron chi connectivity index (χ4n) is 4.93. The number of hydrogen-bond acceptors (Lipinski definition) is 7. The molecule has 1 aromatic rings. The maximum absolute atomic E-state index is 14.9. The molecule has 37 heavy (non-hydrogen) atoms. The molecule has 0 fully saturated rings. The molecule has 0 amide bonds. The second-order valence-electron chi connectivity index (χ2n) is 10.7. The van der Waals surface area contributed by atoms with Gasteiger partial charge in [-0.15, -0.1) is 0 Å². The number of fused-ring (bicyclic) bond motifs is 2. The van der Waals surface area contributed by atoms with E-state index in [9.17, 15) is 9.36 Å².